The number of hydrogen-bond acceptors (Lipinski definition) is 4. The Labute approximate surface area is 125 Å². The fraction of sp³-hybridized carbons (Fsp3) is 0.0714. The summed E-state index contributed by atoms with van der Waals surface area (Å²) in [6.45, 7) is 0. The van der Waals surface area contributed by atoms with Gasteiger partial charge in [0.15, 0.2) is 0 Å². The molecule has 0 bridgehead atoms. The van der Waals surface area contributed by atoms with Gasteiger partial charge in [-0.25, -0.2) is 0 Å². The third kappa shape index (κ3) is 3.70. The van der Waals surface area contributed by atoms with Crippen molar-refractivity contribution >= 4 is 28.9 Å². The average Bonchev–Trinajstić information content (AvgIpc) is 2.43. The molecule has 21 heavy (non-hydrogen) atoms. The average molecular weight is 307 g/mol. The van der Waals surface area contributed by atoms with Gasteiger partial charge in [0.2, 0.25) is 5.91 Å². The number of benzene rings is 2. The van der Waals surface area contributed by atoms with Gasteiger partial charge in [-0.15, -0.1) is 0 Å². The van der Waals surface area contributed by atoms with E-state index in [0.717, 1.165) is 0 Å². The first-order valence-electron chi connectivity index (χ1n) is 5.98. The number of nitro benzene ring substituents is 1. The Morgan fingerprint density at radius 2 is 2.00 bits per heavy atom. The molecular formula is C14H11ClN2O4. The van der Waals surface area contributed by atoms with E-state index in [1.54, 1.807) is 6.07 Å². The molecule has 0 aromatic heterocycles. The number of rotatable bonds is 4. The number of amides is 1. The Bertz CT molecular complexity index is 703. The van der Waals surface area contributed by atoms with Gasteiger partial charge in [0.25, 0.3) is 5.69 Å². The lowest BCUT2D eigenvalue weighted by Gasteiger charge is -2.08. The van der Waals surface area contributed by atoms with Gasteiger partial charge in [-0.3, -0.25) is 14.9 Å². The van der Waals surface area contributed by atoms with E-state index in [0.29, 0.717) is 10.6 Å². The van der Waals surface area contributed by atoms with Crippen LogP contribution in [0.15, 0.2) is 42.5 Å². The van der Waals surface area contributed by atoms with E-state index in [2.05, 4.69) is 5.32 Å². The summed E-state index contributed by atoms with van der Waals surface area (Å²) in [6, 6.07) is 10.2. The van der Waals surface area contributed by atoms with E-state index in [9.17, 15) is 20.0 Å². The Balaban J connectivity index is 2.16. The van der Waals surface area contributed by atoms with Gasteiger partial charge in [0.1, 0.15) is 5.75 Å². The highest BCUT2D eigenvalue weighted by Crippen LogP contribution is 2.27. The number of nitro groups is 1. The molecule has 0 aliphatic carbocycles. The number of anilines is 1. The van der Waals surface area contributed by atoms with Crippen molar-refractivity contribution in [3.8, 4) is 5.75 Å². The smallest absolute Gasteiger partial charge is 0.273 e. The number of halogens is 1. The normalized spacial score (nSPS) is 10.1. The number of nitrogens with one attached hydrogen (secondary N) is 1. The summed E-state index contributed by atoms with van der Waals surface area (Å²) in [7, 11) is 0. The molecule has 2 N–H and O–H groups in total. The van der Waals surface area contributed by atoms with Gasteiger partial charge < -0.3 is 10.4 Å². The van der Waals surface area contributed by atoms with Gasteiger partial charge in [-0.1, -0.05) is 29.8 Å². The zero-order chi connectivity index (χ0) is 15.4. The summed E-state index contributed by atoms with van der Waals surface area (Å²) in [4.78, 5) is 22.3. The zero-order valence-electron chi connectivity index (χ0n) is 10.7. The molecule has 0 atom stereocenters. The van der Waals surface area contributed by atoms with Crippen molar-refractivity contribution in [1.29, 1.82) is 0 Å². The van der Waals surface area contributed by atoms with Crippen molar-refractivity contribution in [3.63, 3.8) is 0 Å². The molecule has 0 heterocycles. The molecule has 2 aromatic carbocycles. The van der Waals surface area contributed by atoms with Crippen molar-refractivity contribution in [1.82, 2.24) is 0 Å². The second-order valence-corrected chi connectivity index (χ2v) is 4.71. The van der Waals surface area contributed by atoms with Crippen LogP contribution in [0.25, 0.3) is 0 Å². The van der Waals surface area contributed by atoms with Crippen LogP contribution in [0.5, 0.6) is 5.75 Å². The van der Waals surface area contributed by atoms with Crippen molar-refractivity contribution in [3.05, 3.63) is 63.2 Å². The fourth-order valence-corrected chi connectivity index (χ4v) is 1.99. The van der Waals surface area contributed by atoms with Crippen molar-refractivity contribution in [2.75, 3.05) is 5.32 Å². The molecule has 6 nitrogen and oxygen atoms in total. The van der Waals surface area contributed by atoms with Crippen LogP contribution in [-0.2, 0) is 11.2 Å². The van der Waals surface area contributed by atoms with Crippen LogP contribution >= 0.6 is 11.6 Å². The molecule has 108 valence electrons. The third-order valence-corrected chi connectivity index (χ3v) is 3.01. The maximum Gasteiger partial charge on any atom is 0.273 e. The van der Waals surface area contributed by atoms with Gasteiger partial charge in [-0.05, 0) is 18.2 Å². The van der Waals surface area contributed by atoms with Gasteiger partial charge in [0, 0.05) is 16.7 Å². The van der Waals surface area contributed by atoms with Crippen LogP contribution in [0.3, 0.4) is 0 Å². The molecule has 1 amide bonds. The first-order valence-corrected chi connectivity index (χ1v) is 6.36. The molecule has 2 rings (SSSR count). The minimum Gasteiger partial charge on any atom is -0.506 e. The number of nitrogens with zero attached hydrogens (tertiary/aromatic N) is 1. The van der Waals surface area contributed by atoms with Crippen LogP contribution < -0.4 is 5.32 Å². The summed E-state index contributed by atoms with van der Waals surface area (Å²) in [6.07, 6.45) is -0.177. The number of carbonyl (C=O) groups excluding carboxylic acids is 1. The second kappa shape index (κ2) is 6.23. The van der Waals surface area contributed by atoms with Crippen LogP contribution in [0.1, 0.15) is 5.56 Å². The first-order chi connectivity index (χ1) is 9.97. The Hall–Kier alpha value is -2.60. The van der Waals surface area contributed by atoms with Crippen molar-refractivity contribution in [2.24, 2.45) is 0 Å². The maximum absolute atomic E-state index is 11.9. The number of phenols is 1. The van der Waals surface area contributed by atoms with E-state index >= 15 is 0 Å². The molecule has 0 radical (unpaired) electrons. The number of hydrogen-bond donors (Lipinski definition) is 2. The molecule has 2 aromatic rings. The van der Waals surface area contributed by atoms with E-state index < -0.39 is 10.8 Å². The largest absolute Gasteiger partial charge is 0.506 e. The predicted octanol–water partition coefficient (Wildman–Crippen LogP) is 3.14. The van der Waals surface area contributed by atoms with Crippen molar-refractivity contribution < 1.29 is 14.8 Å². The fourth-order valence-electron chi connectivity index (χ4n) is 1.81. The number of carbonyl (C=O) groups is 1. The SMILES string of the molecule is O=C(Cc1ccccc1[N+](=O)[O-])Nc1cc(Cl)ccc1O. The van der Waals surface area contributed by atoms with Gasteiger partial charge in [-0.2, -0.15) is 0 Å². The zero-order valence-corrected chi connectivity index (χ0v) is 11.5. The highest BCUT2D eigenvalue weighted by Gasteiger charge is 2.16. The summed E-state index contributed by atoms with van der Waals surface area (Å²) in [5, 5.41) is 23.3. The molecule has 0 fully saturated rings. The predicted molar refractivity (Wildman–Crippen MR) is 78.5 cm³/mol. The summed E-state index contributed by atoms with van der Waals surface area (Å²) < 4.78 is 0. The molecule has 0 aliphatic heterocycles. The van der Waals surface area contributed by atoms with Crippen molar-refractivity contribution in [2.45, 2.75) is 6.42 Å². The molecule has 0 saturated heterocycles. The monoisotopic (exact) mass is 306 g/mol. The van der Waals surface area contributed by atoms with E-state index in [4.69, 9.17) is 11.6 Å². The van der Waals surface area contributed by atoms with E-state index in [-0.39, 0.29) is 23.5 Å². The van der Waals surface area contributed by atoms with Crippen LogP contribution in [0.2, 0.25) is 5.02 Å². The standard InChI is InChI=1S/C14H11ClN2O4/c15-10-5-6-13(18)11(8-10)16-14(19)7-9-3-1-2-4-12(9)17(20)21/h1-6,8,18H,7H2,(H,16,19). The molecular weight excluding hydrogens is 296 g/mol. The minimum absolute atomic E-state index is 0.122. The number of para-hydroxylation sites is 1. The summed E-state index contributed by atoms with van der Waals surface area (Å²) >= 11 is 5.78. The molecule has 0 saturated carbocycles. The number of phenolic OH excluding ortho intramolecular Hbond substituents is 1. The third-order valence-electron chi connectivity index (χ3n) is 2.77. The highest BCUT2D eigenvalue weighted by atomic mass is 35.5. The van der Waals surface area contributed by atoms with Gasteiger partial charge in [0.05, 0.1) is 17.0 Å². The van der Waals surface area contributed by atoms with Crippen LogP contribution in [0, 0.1) is 10.1 Å². The Morgan fingerprint density at radius 1 is 1.29 bits per heavy atom. The molecule has 0 spiro atoms. The lowest BCUT2D eigenvalue weighted by atomic mass is 10.1. The minimum atomic E-state index is -0.542. The first kappa shape index (κ1) is 14.8. The topological polar surface area (TPSA) is 92.5 Å². The summed E-state index contributed by atoms with van der Waals surface area (Å²) in [5.74, 6) is -0.614. The van der Waals surface area contributed by atoms with E-state index in [1.807, 2.05) is 0 Å². The number of aromatic hydroxyl groups is 1. The van der Waals surface area contributed by atoms with E-state index in [1.165, 1.54) is 36.4 Å². The maximum atomic E-state index is 11.9. The summed E-state index contributed by atoms with van der Waals surface area (Å²) in [5.41, 5.74) is 0.329. The highest BCUT2D eigenvalue weighted by molar-refractivity contribution is 6.31. The van der Waals surface area contributed by atoms with Crippen LogP contribution in [0.4, 0.5) is 11.4 Å². The van der Waals surface area contributed by atoms with Gasteiger partial charge >= 0.3 is 0 Å². The Morgan fingerprint density at radius 3 is 2.71 bits per heavy atom. The lowest BCUT2D eigenvalue weighted by Crippen LogP contribution is -2.15. The molecule has 7 heteroatoms. The quantitative estimate of drug-likeness (QED) is 0.515. The Kier molecular flexibility index (Phi) is 4.39. The second-order valence-electron chi connectivity index (χ2n) is 4.27. The van der Waals surface area contributed by atoms with Crippen LogP contribution in [-0.4, -0.2) is 15.9 Å². The molecule has 0 aliphatic rings. The molecule has 0 unspecified atom stereocenters. The lowest BCUT2D eigenvalue weighted by molar-refractivity contribution is -0.385.